The van der Waals surface area contributed by atoms with Crippen LogP contribution >= 0.6 is 0 Å². The molecule has 0 saturated carbocycles. The Bertz CT molecular complexity index is 313. The van der Waals surface area contributed by atoms with Crippen LogP contribution in [0.1, 0.15) is 0 Å². The standard InChI is InChI=1S/C6H8N4O3/c7-8-1-4-9(13)3-6(12)10(4)5(11)2-8/h1,13H,2-3,7H2. The Morgan fingerprint density at radius 2 is 1.92 bits per heavy atom. The zero-order chi connectivity index (χ0) is 9.59. The maximum atomic E-state index is 11.2. The maximum absolute atomic E-state index is 11.2. The van der Waals surface area contributed by atoms with E-state index in [1.807, 2.05) is 0 Å². The van der Waals surface area contributed by atoms with Gasteiger partial charge in [0.25, 0.3) is 11.8 Å². The summed E-state index contributed by atoms with van der Waals surface area (Å²) in [5.41, 5.74) is 0. The largest absolute Gasteiger partial charge is 0.305 e. The lowest BCUT2D eigenvalue weighted by Crippen LogP contribution is -2.46. The molecule has 0 aliphatic carbocycles. The summed E-state index contributed by atoms with van der Waals surface area (Å²) >= 11 is 0. The van der Waals surface area contributed by atoms with Crippen LogP contribution < -0.4 is 5.84 Å². The number of hydrazine groups is 1. The predicted molar refractivity (Wildman–Crippen MR) is 39.3 cm³/mol. The Labute approximate surface area is 73.5 Å². The fraction of sp³-hybridized carbons (Fsp3) is 0.333. The second-order valence-corrected chi connectivity index (χ2v) is 2.84. The number of hydrogen-bond acceptors (Lipinski definition) is 6. The highest BCUT2D eigenvalue weighted by Crippen LogP contribution is 2.20. The fourth-order valence-corrected chi connectivity index (χ4v) is 1.34. The number of imide groups is 1. The highest BCUT2D eigenvalue weighted by Gasteiger charge is 2.39. The van der Waals surface area contributed by atoms with Gasteiger partial charge in [-0.05, 0) is 0 Å². The Balaban J connectivity index is 2.40. The van der Waals surface area contributed by atoms with Crippen molar-refractivity contribution in [2.24, 2.45) is 5.84 Å². The first kappa shape index (κ1) is 8.02. The van der Waals surface area contributed by atoms with Gasteiger partial charge in [0, 0.05) is 0 Å². The van der Waals surface area contributed by atoms with Gasteiger partial charge in [-0.25, -0.2) is 15.8 Å². The minimum absolute atomic E-state index is 0.0525. The molecular weight excluding hydrogens is 176 g/mol. The number of hydrogen-bond donors (Lipinski definition) is 2. The number of nitrogens with two attached hydrogens (primary N) is 1. The van der Waals surface area contributed by atoms with Gasteiger partial charge in [0.2, 0.25) is 0 Å². The molecule has 0 spiro atoms. The molecule has 0 atom stereocenters. The summed E-state index contributed by atoms with van der Waals surface area (Å²) in [5, 5.41) is 11.0. The normalized spacial score (nSPS) is 22.3. The molecule has 1 saturated heterocycles. The van der Waals surface area contributed by atoms with E-state index >= 15 is 0 Å². The molecular formula is C6H8N4O3. The van der Waals surface area contributed by atoms with E-state index in [2.05, 4.69) is 0 Å². The molecule has 0 unspecified atom stereocenters. The minimum atomic E-state index is -0.438. The number of carbonyl (C=O) groups is 2. The van der Waals surface area contributed by atoms with Crippen molar-refractivity contribution < 1.29 is 14.8 Å². The summed E-state index contributed by atoms with van der Waals surface area (Å²) in [5.74, 6) is 4.60. The van der Waals surface area contributed by atoms with E-state index in [9.17, 15) is 14.8 Å². The molecule has 3 N–H and O–H groups in total. The van der Waals surface area contributed by atoms with Crippen molar-refractivity contribution in [3.05, 3.63) is 12.0 Å². The first-order chi connectivity index (χ1) is 6.09. The van der Waals surface area contributed by atoms with Crippen molar-refractivity contribution in [1.82, 2.24) is 15.0 Å². The molecule has 2 heterocycles. The zero-order valence-electron chi connectivity index (χ0n) is 6.67. The van der Waals surface area contributed by atoms with Gasteiger partial charge in [0.15, 0.2) is 5.82 Å². The number of hydroxylamine groups is 2. The summed E-state index contributed by atoms with van der Waals surface area (Å²) in [6.07, 6.45) is 1.34. The molecule has 13 heavy (non-hydrogen) atoms. The van der Waals surface area contributed by atoms with Gasteiger partial charge in [-0.2, -0.15) is 0 Å². The van der Waals surface area contributed by atoms with E-state index in [-0.39, 0.29) is 18.9 Å². The van der Waals surface area contributed by atoms with Crippen LogP contribution in [0.15, 0.2) is 12.0 Å². The highest BCUT2D eigenvalue weighted by molar-refractivity contribution is 6.01. The Kier molecular flexibility index (Phi) is 1.51. The van der Waals surface area contributed by atoms with E-state index in [4.69, 9.17) is 5.84 Å². The summed E-state index contributed by atoms with van der Waals surface area (Å²) in [7, 11) is 0. The molecule has 0 radical (unpaired) electrons. The molecule has 2 amide bonds. The van der Waals surface area contributed by atoms with Crippen LogP contribution in [-0.4, -0.2) is 45.1 Å². The van der Waals surface area contributed by atoms with E-state index in [1.54, 1.807) is 0 Å². The van der Waals surface area contributed by atoms with Gasteiger partial charge in [-0.1, -0.05) is 0 Å². The molecule has 7 heteroatoms. The van der Waals surface area contributed by atoms with Crippen molar-refractivity contribution in [1.29, 1.82) is 0 Å². The fourth-order valence-electron chi connectivity index (χ4n) is 1.34. The SMILES string of the molecule is NN1C=C2N(O)CC(=O)N2C(=O)C1. The zero-order valence-corrected chi connectivity index (χ0v) is 6.67. The Hall–Kier alpha value is -1.60. The number of rotatable bonds is 0. The number of nitrogens with zero attached hydrogens (tertiary/aromatic N) is 3. The highest BCUT2D eigenvalue weighted by atomic mass is 16.5. The first-order valence-corrected chi connectivity index (χ1v) is 3.65. The summed E-state index contributed by atoms with van der Waals surface area (Å²) in [6, 6.07) is 0. The van der Waals surface area contributed by atoms with Gasteiger partial charge in [-0.15, -0.1) is 0 Å². The topological polar surface area (TPSA) is 90.1 Å². The third-order valence-electron chi connectivity index (χ3n) is 1.88. The van der Waals surface area contributed by atoms with Crippen molar-refractivity contribution in [3.8, 4) is 0 Å². The quantitative estimate of drug-likeness (QED) is 0.335. The van der Waals surface area contributed by atoms with Crippen molar-refractivity contribution in [2.45, 2.75) is 0 Å². The first-order valence-electron chi connectivity index (χ1n) is 3.65. The van der Waals surface area contributed by atoms with E-state index in [0.29, 0.717) is 5.06 Å². The Morgan fingerprint density at radius 3 is 2.62 bits per heavy atom. The molecule has 0 aromatic rings. The molecule has 7 nitrogen and oxygen atoms in total. The number of amides is 2. The van der Waals surface area contributed by atoms with E-state index < -0.39 is 11.8 Å². The molecule has 2 rings (SSSR count). The molecule has 0 aromatic carbocycles. The smallest absolute Gasteiger partial charge is 0.257 e. The van der Waals surface area contributed by atoms with Gasteiger partial charge >= 0.3 is 0 Å². The number of carbonyl (C=O) groups excluding carboxylic acids is 2. The second-order valence-electron chi connectivity index (χ2n) is 2.84. The van der Waals surface area contributed by atoms with Crippen LogP contribution in [0.4, 0.5) is 0 Å². The molecule has 2 aliphatic heterocycles. The van der Waals surface area contributed by atoms with Crippen molar-refractivity contribution in [3.63, 3.8) is 0 Å². The lowest BCUT2D eigenvalue weighted by molar-refractivity contribution is -0.141. The molecule has 70 valence electrons. The van der Waals surface area contributed by atoms with Crippen LogP contribution in [-0.2, 0) is 9.59 Å². The average molecular weight is 184 g/mol. The minimum Gasteiger partial charge on any atom is -0.305 e. The lowest BCUT2D eigenvalue weighted by Gasteiger charge is -2.26. The molecule has 2 aliphatic rings. The van der Waals surface area contributed by atoms with Gasteiger partial charge in [0.05, 0.1) is 6.20 Å². The van der Waals surface area contributed by atoms with Crippen LogP contribution in [0.2, 0.25) is 0 Å². The maximum Gasteiger partial charge on any atom is 0.257 e. The Morgan fingerprint density at radius 1 is 1.31 bits per heavy atom. The molecule has 0 bridgehead atoms. The summed E-state index contributed by atoms with van der Waals surface area (Å²) < 4.78 is 0. The lowest BCUT2D eigenvalue weighted by atomic mass is 10.4. The number of fused-ring (bicyclic) bond motifs is 1. The third-order valence-corrected chi connectivity index (χ3v) is 1.88. The predicted octanol–water partition coefficient (Wildman–Crippen LogP) is -1.97. The van der Waals surface area contributed by atoms with E-state index in [0.717, 1.165) is 9.91 Å². The summed E-state index contributed by atoms with van der Waals surface area (Å²) in [4.78, 5) is 23.3. The second kappa shape index (κ2) is 2.44. The van der Waals surface area contributed by atoms with Gasteiger partial charge in [0.1, 0.15) is 13.1 Å². The van der Waals surface area contributed by atoms with Gasteiger partial charge < -0.3 is 5.01 Å². The van der Waals surface area contributed by atoms with Crippen LogP contribution in [0.25, 0.3) is 0 Å². The summed E-state index contributed by atoms with van der Waals surface area (Å²) in [6.45, 7) is -0.255. The van der Waals surface area contributed by atoms with Crippen molar-refractivity contribution >= 4 is 11.8 Å². The van der Waals surface area contributed by atoms with Gasteiger partial charge in [-0.3, -0.25) is 14.8 Å². The average Bonchev–Trinajstić information content (AvgIpc) is 2.27. The monoisotopic (exact) mass is 184 g/mol. The third kappa shape index (κ3) is 1.05. The van der Waals surface area contributed by atoms with E-state index in [1.165, 1.54) is 6.20 Å². The molecule has 1 fully saturated rings. The van der Waals surface area contributed by atoms with Crippen LogP contribution in [0, 0.1) is 0 Å². The van der Waals surface area contributed by atoms with Crippen LogP contribution in [0.5, 0.6) is 0 Å². The molecule has 0 aromatic heterocycles. The van der Waals surface area contributed by atoms with Crippen molar-refractivity contribution in [2.75, 3.05) is 13.1 Å². The van der Waals surface area contributed by atoms with Crippen LogP contribution in [0.3, 0.4) is 0 Å².